The summed E-state index contributed by atoms with van der Waals surface area (Å²) in [5.41, 5.74) is 0. The predicted molar refractivity (Wildman–Crippen MR) is 31.8 cm³/mol. The highest BCUT2D eigenvalue weighted by Gasteiger charge is 2.22. The second-order valence-corrected chi connectivity index (χ2v) is 1.88. The summed E-state index contributed by atoms with van der Waals surface area (Å²) < 4.78 is 27.9. The van der Waals surface area contributed by atoms with Gasteiger partial charge in [-0.3, -0.25) is 0 Å². The van der Waals surface area contributed by atoms with Gasteiger partial charge in [-0.15, -0.1) is 0 Å². The third-order valence-electron chi connectivity index (χ3n) is 0.635. The van der Waals surface area contributed by atoms with Crippen molar-refractivity contribution in [3.05, 3.63) is 12.7 Å². The average Bonchev–Trinajstić information content (AvgIpc) is 1.81. The predicted octanol–water partition coefficient (Wildman–Crippen LogP) is 1.37. The van der Waals surface area contributed by atoms with Gasteiger partial charge in [0.05, 0.1) is 0 Å². The molecule has 0 atom stereocenters. The molecule has 0 aromatic rings. The zero-order chi connectivity index (χ0) is 8.20. The fraction of sp³-hybridized carbons (Fsp3) is 0.500. The molecule has 0 N–H and O–H groups in total. The van der Waals surface area contributed by atoms with E-state index in [0.717, 1.165) is 6.08 Å². The van der Waals surface area contributed by atoms with Gasteiger partial charge in [-0.25, -0.2) is 13.6 Å². The van der Waals surface area contributed by atoms with Gasteiger partial charge in [-0.1, -0.05) is 6.58 Å². The van der Waals surface area contributed by atoms with Crippen LogP contribution < -0.4 is 0 Å². The van der Waals surface area contributed by atoms with Crippen LogP contribution in [-0.4, -0.2) is 18.5 Å². The molecule has 0 radical (unpaired) electrons. The van der Waals surface area contributed by atoms with Gasteiger partial charge in [0.2, 0.25) is 0 Å². The highest BCUT2D eigenvalue weighted by atomic mass is 19.3. The summed E-state index contributed by atoms with van der Waals surface area (Å²) in [6.07, 6.45) is 0.839. The van der Waals surface area contributed by atoms with E-state index in [1.807, 2.05) is 0 Å². The van der Waals surface area contributed by atoms with Gasteiger partial charge in [0, 0.05) is 13.0 Å². The molecule has 0 heterocycles. The molecular formula is C6H8F2O2. The lowest BCUT2D eigenvalue weighted by molar-refractivity contribution is -0.147. The van der Waals surface area contributed by atoms with E-state index in [0.29, 0.717) is 6.92 Å². The quantitative estimate of drug-likeness (QED) is 0.448. The first-order chi connectivity index (χ1) is 4.45. The molecule has 0 fully saturated rings. The molecule has 0 aliphatic rings. The van der Waals surface area contributed by atoms with Crippen molar-refractivity contribution in [2.24, 2.45) is 0 Å². The minimum atomic E-state index is -2.96. The molecule has 10 heavy (non-hydrogen) atoms. The van der Waals surface area contributed by atoms with Crippen molar-refractivity contribution in [1.82, 2.24) is 0 Å². The molecule has 0 unspecified atom stereocenters. The largest absolute Gasteiger partial charge is 0.456 e. The number of ether oxygens (including phenoxy) is 1. The summed E-state index contributed by atoms with van der Waals surface area (Å²) in [4.78, 5) is 10.2. The van der Waals surface area contributed by atoms with Crippen LogP contribution in [-0.2, 0) is 9.53 Å². The second-order valence-electron chi connectivity index (χ2n) is 1.88. The van der Waals surface area contributed by atoms with E-state index >= 15 is 0 Å². The lowest BCUT2D eigenvalue weighted by atomic mass is 10.4. The van der Waals surface area contributed by atoms with E-state index in [1.54, 1.807) is 0 Å². The Morgan fingerprint density at radius 2 is 2.30 bits per heavy atom. The zero-order valence-electron chi connectivity index (χ0n) is 5.56. The maximum absolute atomic E-state index is 11.9. The minimum Gasteiger partial charge on any atom is -0.456 e. The topological polar surface area (TPSA) is 26.3 Å². The van der Waals surface area contributed by atoms with E-state index in [1.165, 1.54) is 0 Å². The van der Waals surface area contributed by atoms with Crippen LogP contribution in [0, 0.1) is 0 Å². The first kappa shape index (κ1) is 9.07. The van der Waals surface area contributed by atoms with Gasteiger partial charge >= 0.3 is 5.97 Å². The molecule has 0 aliphatic carbocycles. The Labute approximate surface area is 57.5 Å². The van der Waals surface area contributed by atoms with Crippen molar-refractivity contribution in [1.29, 1.82) is 0 Å². The SMILES string of the molecule is C=CC(=O)OCC(C)(F)F. The van der Waals surface area contributed by atoms with Crippen molar-refractivity contribution in [3.63, 3.8) is 0 Å². The Balaban J connectivity index is 3.55. The van der Waals surface area contributed by atoms with Gasteiger partial charge in [0.1, 0.15) is 0 Å². The van der Waals surface area contributed by atoms with E-state index < -0.39 is 18.5 Å². The molecule has 0 amide bonds. The molecule has 58 valence electrons. The summed E-state index contributed by atoms with van der Waals surface area (Å²) >= 11 is 0. The normalized spacial score (nSPS) is 10.7. The van der Waals surface area contributed by atoms with Gasteiger partial charge in [0.25, 0.3) is 5.92 Å². The maximum atomic E-state index is 11.9. The first-order valence-electron chi connectivity index (χ1n) is 2.63. The molecule has 0 aromatic heterocycles. The highest BCUT2D eigenvalue weighted by molar-refractivity contribution is 5.81. The number of carbonyl (C=O) groups excluding carboxylic acids is 1. The lowest BCUT2D eigenvalue weighted by Crippen LogP contribution is -2.20. The van der Waals surface area contributed by atoms with E-state index in [2.05, 4.69) is 11.3 Å². The Hall–Kier alpha value is -0.930. The number of hydrogen-bond donors (Lipinski definition) is 0. The molecular weight excluding hydrogens is 142 g/mol. The van der Waals surface area contributed by atoms with Crippen LogP contribution in [0.25, 0.3) is 0 Å². The number of esters is 1. The molecule has 0 bridgehead atoms. The summed E-state index contributed by atoms with van der Waals surface area (Å²) in [5, 5.41) is 0. The molecule has 0 spiro atoms. The number of hydrogen-bond acceptors (Lipinski definition) is 2. The first-order valence-corrected chi connectivity index (χ1v) is 2.63. The van der Waals surface area contributed by atoms with Gasteiger partial charge in [0.15, 0.2) is 6.61 Å². The summed E-state index contributed by atoms with van der Waals surface area (Å²) in [6, 6.07) is 0. The van der Waals surface area contributed by atoms with E-state index in [4.69, 9.17) is 0 Å². The number of rotatable bonds is 3. The molecule has 0 saturated heterocycles. The Morgan fingerprint density at radius 1 is 1.80 bits per heavy atom. The third-order valence-corrected chi connectivity index (χ3v) is 0.635. The molecule has 2 nitrogen and oxygen atoms in total. The standard InChI is InChI=1S/C6H8F2O2/c1-3-5(9)10-4-6(2,7)8/h3H,1,4H2,2H3. The van der Waals surface area contributed by atoms with E-state index in [9.17, 15) is 13.6 Å². The molecule has 0 aromatic carbocycles. The highest BCUT2D eigenvalue weighted by Crippen LogP contribution is 2.11. The van der Waals surface area contributed by atoms with Crippen LogP contribution in [0.2, 0.25) is 0 Å². The third kappa shape index (κ3) is 5.21. The number of carbonyl (C=O) groups is 1. The summed E-state index contributed by atoms with van der Waals surface area (Å²) in [7, 11) is 0. The maximum Gasteiger partial charge on any atom is 0.330 e. The average molecular weight is 150 g/mol. The fourth-order valence-electron chi connectivity index (χ4n) is 0.257. The lowest BCUT2D eigenvalue weighted by Gasteiger charge is -2.08. The van der Waals surface area contributed by atoms with Crippen LogP contribution >= 0.6 is 0 Å². The van der Waals surface area contributed by atoms with Crippen molar-refractivity contribution in [2.75, 3.05) is 6.61 Å². The van der Waals surface area contributed by atoms with Gasteiger partial charge in [-0.2, -0.15) is 0 Å². The number of halogens is 2. The molecule has 4 heteroatoms. The van der Waals surface area contributed by atoms with Gasteiger partial charge < -0.3 is 4.74 Å². The fourth-order valence-corrected chi connectivity index (χ4v) is 0.257. The van der Waals surface area contributed by atoms with Crippen molar-refractivity contribution < 1.29 is 18.3 Å². The monoisotopic (exact) mass is 150 g/mol. The smallest absolute Gasteiger partial charge is 0.330 e. The minimum absolute atomic E-state index is 0.670. The Bertz CT molecular complexity index is 137. The zero-order valence-corrected chi connectivity index (χ0v) is 5.56. The van der Waals surface area contributed by atoms with Crippen molar-refractivity contribution >= 4 is 5.97 Å². The van der Waals surface area contributed by atoms with Crippen LogP contribution in [0.1, 0.15) is 6.92 Å². The van der Waals surface area contributed by atoms with Crippen LogP contribution in [0.5, 0.6) is 0 Å². The van der Waals surface area contributed by atoms with Crippen molar-refractivity contribution in [2.45, 2.75) is 12.8 Å². The van der Waals surface area contributed by atoms with Gasteiger partial charge in [-0.05, 0) is 0 Å². The Kier molecular flexibility index (Phi) is 2.99. The second kappa shape index (κ2) is 3.29. The molecule has 0 saturated carbocycles. The Morgan fingerprint density at radius 3 is 2.60 bits per heavy atom. The number of alkyl halides is 2. The van der Waals surface area contributed by atoms with E-state index in [-0.39, 0.29) is 0 Å². The van der Waals surface area contributed by atoms with Crippen LogP contribution in [0.3, 0.4) is 0 Å². The molecule has 0 aliphatic heterocycles. The summed E-state index contributed by atoms with van der Waals surface area (Å²) in [5.74, 6) is -3.79. The summed E-state index contributed by atoms with van der Waals surface area (Å²) in [6.45, 7) is 2.82. The van der Waals surface area contributed by atoms with Crippen LogP contribution in [0.4, 0.5) is 8.78 Å². The van der Waals surface area contributed by atoms with Crippen LogP contribution in [0.15, 0.2) is 12.7 Å². The molecule has 0 rings (SSSR count). The van der Waals surface area contributed by atoms with Crippen molar-refractivity contribution in [3.8, 4) is 0 Å².